The third-order valence-electron chi connectivity index (χ3n) is 3.17. The molecule has 126 valence electrons. The molecule has 1 aliphatic rings. The third-order valence-corrected chi connectivity index (χ3v) is 5.33. The van der Waals surface area contributed by atoms with Crippen molar-refractivity contribution < 1.29 is 27.5 Å². The number of benzene rings is 1. The summed E-state index contributed by atoms with van der Waals surface area (Å²) in [6.07, 6.45) is 0. The van der Waals surface area contributed by atoms with Gasteiger partial charge in [0.15, 0.2) is 17.3 Å². The first-order valence-electron chi connectivity index (χ1n) is 6.67. The molecular formula is C14H12N2O6S2. The Balaban J connectivity index is 1.83. The van der Waals surface area contributed by atoms with Gasteiger partial charge in [-0.25, -0.2) is 17.9 Å². The quantitative estimate of drug-likeness (QED) is 0.801. The highest BCUT2D eigenvalue weighted by atomic mass is 32.2. The van der Waals surface area contributed by atoms with Crippen molar-refractivity contribution in [1.82, 2.24) is 4.72 Å². The van der Waals surface area contributed by atoms with Gasteiger partial charge in [0.05, 0.1) is 10.6 Å². The molecule has 1 aromatic heterocycles. The second-order valence-corrected chi connectivity index (χ2v) is 7.29. The summed E-state index contributed by atoms with van der Waals surface area (Å²) in [6, 6.07) is 3.24. The maximum Gasteiger partial charge on any atom is 0.333 e. The van der Waals surface area contributed by atoms with Crippen LogP contribution in [0.1, 0.15) is 17.3 Å². The molecule has 1 aromatic carbocycles. The van der Waals surface area contributed by atoms with Crippen LogP contribution in [0.4, 0.5) is 10.5 Å². The molecule has 0 fully saturated rings. The molecule has 2 N–H and O–H groups in total. The number of fused-ring (bicyclic) bond motifs is 1. The Morgan fingerprint density at radius 2 is 1.92 bits per heavy atom. The van der Waals surface area contributed by atoms with Crippen LogP contribution in [0, 0.1) is 0 Å². The fourth-order valence-corrected chi connectivity index (χ4v) is 4.01. The maximum atomic E-state index is 12.0. The third kappa shape index (κ3) is 3.19. The number of anilines is 1. The largest absolute Gasteiger partial charge is 0.454 e. The average molecular weight is 368 g/mol. The minimum Gasteiger partial charge on any atom is -0.454 e. The zero-order valence-electron chi connectivity index (χ0n) is 12.4. The summed E-state index contributed by atoms with van der Waals surface area (Å²) in [5, 5.41) is 5.34. The molecule has 0 spiro atoms. The maximum absolute atomic E-state index is 12.0. The first-order valence-corrected chi connectivity index (χ1v) is 9.10. The van der Waals surface area contributed by atoms with E-state index in [1.807, 2.05) is 4.72 Å². The van der Waals surface area contributed by atoms with Gasteiger partial charge in [0, 0.05) is 17.0 Å². The number of sulfonamides is 1. The van der Waals surface area contributed by atoms with Gasteiger partial charge in [0.25, 0.3) is 10.0 Å². The number of hydrogen-bond donors (Lipinski definition) is 2. The molecule has 24 heavy (non-hydrogen) atoms. The van der Waals surface area contributed by atoms with Crippen molar-refractivity contribution in [3.8, 4) is 11.5 Å². The first kappa shape index (κ1) is 16.3. The van der Waals surface area contributed by atoms with E-state index in [9.17, 15) is 18.0 Å². The lowest BCUT2D eigenvalue weighted by Gasteiger charge is -2.11. The molecule has 0 saturated carbocycles. The van der Waals surface area contributed by atoms with Crippen molar-refractivity contribution in [2.75, 3.05) is 12.1 Å². The average Bonchev–Trinajstić information content (AvgIpc) is 3.17. The number of hydrogen-bond acceptors (Lipinski definition) is 7. The van der Waals surface area contributed by atoms with Crippen molar-refractivity contribution in [2.45, 2.75) is 11.8 Å². The minimum atomic E-state index is -3.97. The van der Waals surface area contributed by atoms with E-state index in [1.54, 1.807) is 5.38 Å². The smallest absolute Gasteiger partial charge is 0.333 e. The van der Waals surface area contributed by atoms with Crippen LogP contribution < -0.4 is 19.5 Å². The fraction of sp³-hybridized carbons (Fsp3) is 0.143. The molecule has 3 rings (SSSR count). The summed E-state index contributed by atoms with van der Waals surface area (Å²) in [7, 11) is -3.97. The van der Waals surface area contributed by atoms with Gasteiger partial charge < -0.3 is 14.8 Å². The van der Waals surface area contributed by atoms with E-state index in [-0.39, 0.29) is 28.7 Å². The molecule has 2 amide bonds. The molecule has 0 bridgehead atoms. The van der Waals surface area contributed by atoms with E-state index in [4.69, 9.17) is 9.47 Å². The monoisotopic (exact) mass is 368 g/mol. The van der Waals surface area contributed by atoms with Crippen LogP contribution in [-0.4, -0.2) is 27.0 Å². The Bertz CT molecular complexity index is 906. The van der Waals surface area contributed by atoms with E-state index >= 15 is 0 Å². The van der Waals surface area contributed by atoms with E-state index < -0.39 is 16.1 Å². The van der Waals surface area contributed by atoms with Crippen LogP contribution in [0.3, 0.4) is 0 Å². The number of urea groups is 1. The Labute approximate surface area is 141 Å². The predicted molar refractivity (Wildman–Crippen MR) is 86.2 cm³/mol. The molecule has 1 aliphatic heterocycles. The topological polar surface area (TPSA) is 111 Å². The van der Waals surface area contributed by atoms with Gasteiger partial charge in [0.1, 0.15) is 0 Å². The number of ketones is 1. The zero-order chi connectivity index (χ0) is 17.3. The Kier molecular flexibility index (Phi) is 4.16. The van der Waals surface area contributed by atoms with Crippen molar-refractivity contribution in [1.29, 1.82) is 0 Å². The van der Waals surface area contributed by atoms with Crippen LogP contribution in [-0.2, 0) is 10.0 Å². The van der Waals surface area contributed by atoms with Gasteiger partial charge in [-0.3, -0.25) is 4.79 Å². The van der Waals surface area contributed by atoms with Gasteiger partial charge in [-0.15, -0.1) is 0 Å². The number of rotatable bonds is 4. The van der Waals surface area contributed by atoms with E-state index in [0.29, 0.717) is 11.5 Å². The lowest BCUT2D eigenvalue weighted by atomic mass is 10.1. The highest BCUT2D eigenvalue weighted by Crippen LogP contribution is 2.37. The van der Waals surface area contributed by atoms with Crippen LogP contribution in [0.2, 0.25) is 0 Å². The van der Waals surface area contributed by atoms with Crippen molar-refractivity contribution in [3.05, 3.63) is 34.5 Å². The molecule has 0 radical (unpaired) electrons. The van der Waals surface area contributed by atoms with Gasteiger partial charge in [-0.1, -0.05) is 0 Å². The number of amides is 2. The summed E-state index contributed by atoms with van der Waals surface area (Å²) in [4.78, 5) is 23.7. The zero-order valence-corrected chi connectivity index (χ0v) is 14.0. The van der Waals surface area contributed by atoms with E-state index in [0.717, 1.165) is 0 Å². The lowest BCUT2D eigenvalue weighted by molar-refractivity contribution is 0.101. The van der Waals surface area contributed by atoms with E-state index in [1.165, 1.54) is 41.8 Å². The first-order chi connectivity index (χ1) is 11.4. The van der Waals surface area contributed by atoms with Crippen molar-refractivity contribution >= 4 is 38.9 Å². The summed E-state index contributed by atoms with van der Waals surface area (Å²) >= 11 is 1.19. The van der Waals surface area contributed by atoms with Gasteiger partial charge in [-0.2, -0.15) is 11.3 Å². The fourth-order valence-electron chi connectivity index (χ4n) is 2.07. The van der Waals surface area contributed by atoms with Gasteiger partial charge in [-0.05, 0) is 24.4 Å². The summed E-state index contributed by atoms with van der Waals surface area (Å²) in [5.41, 5.74) is 0.312. The highest BCUT2D eigenvalue weighted by Gasteiger charge is 2.22. The van der Waals surface area contributed by atoms with Gasteiger partial charge >= 0.3 is 6.03 Å². The Morgan fingerprint density at radius 1 is 1.21 bits per heavy atom. The number of carbonyl (C=O) groups is 2. The molecule has 0 atom stereocenters. The second kappa shape index (κ2) is 6.13. The number of thiophene rings is 1. The van der Waals surface area contributed by atoms with Crippen molar-refractivity contribution in [3.63, 3.8) is 0 Å². The predicted octanol–water partition coefficient (Wildman–Crippen LogP) is 2.19. The summed E-state index contributed by atoms with van der Waals surface area (Å²) < 4.78 is 36.3. The molecule has 0 unspecified atom stereocenters. The molecule has 8 nitrogen and oxygen atoms in total. The van der Waals surface area contributed by atoms with Crippen LogP contribution in [0.25, 0.3) is 0 Å². The molecule has 2 heterocycles. The van der Waals surface area contributed by atoms with Crippen LogP contribution >= 0.6 is 11.3 Å². The standard InChI is InChI=1S/C14H12N2O6S2/c1-8(17)10-4-12-13(22-7-21-12)5-11(10)15-14(18)16-24(19,20)9-2-3-23-6-9/h2-6H,7H2,1H3,(H2,15,16,18). The minimum absolute atomic E-state index is 0.00879. The Morgan fingerprint density at radius 3 is 2.54 bits per heavy atom. The van der Waals surface area contributed by atoms with Crippen LogP contribution in [0.15, 0.2) is 33.9 Å². The van der Waals surface area contributed by atoms with Crippen LogP contribution in [0.5, 0.6) is 11.5 Å². The number of nitrogens with one attached hydrogen (secondary N) is 2. The van der Waals surface area contributed by atoms with Crippen molar-refractivity contribution in [2.24, 2.45) is 0 Å². The number of carbonyl (C=O) groups excluding carboxylic acids is 2. The molecule has 0 aliphatic carbocycles. The highest BCUT2D eigenvalue weighted by molar-refractivity contribution is 7.90. The lowest BCUT2D eigenvalue weighted by Crippen LogP contribution is -2.34. The SMILES string of the molecule is CC(=O)c1cc2c(cc1NC(=O)NS(=O)(=O)c1ccsc1)OCO2. The number of ether oxygens (including phenoxy) is 2. The molecular weight excluding hydrogens is 356 g/mol. The number of Topliss-reactive ketones (excluding diaryl/α,β-unsaturated/α-hetero) is 1. The van der Waals surface area contributed by atoms with E-state index in [2.05, 4.69) is 5.32 Å². The summed E-state index contributed by atoms with van der Waals surface area (Å²) in [6.45, 7) is 1.33. The molecule has 0 saturated heterocycles. The van der Waals surface area contributed by atoms with Gasteiger partial charge in [0.2, 0.25) is 6.79 Å². The Hall–Kier alpha value is -2.59. The summed E-state index contributed by atoms with van der Waals surface area (Å²) in [5.74, 6) is 0.428. The molecule has 10 heteroatoms. The normalized spacial score (nSPS) is 12.7. The molecule has 2 aromatic rings. The second-order valence-electron chi connectivity index (χ2n) is 4.83.